The number of benzene rings is 2. The Morgan fingerprint density at radius 3 is 2.00 bits per heavy atom. The van der Waals surface area contributed by atoms with Gasteiger partial charge in [-0.15, -0.1) is 0 Å². The number of hydrogen-bond acceptors (Lipinski definition) is 3. The molecule has 128 valence electrons. The molecule has 2 aromatic rings. The van der Waals surface area contributed by atoms with Crippen molar-refractivity contribution in [1.29, 1.82) is 0 Å². The van der Waals surface area contributed by atoms with Gasteiger partial charge in [0.05, 0.1) is 0 Å². The number of amides is 1. The Bertz CT molecular complexity index is 655. The van der Waals surface area contributed by atoms with Crippen molar-refractivity contribution in [3.8, 4) is 11.5 Å². The van der Waals surface area contributed by atoms with E-state index in [4.69, 9.17) is 9.47 Å². The van der Waals surface area contributed by atoms with Crippen LogP contribution in [0.2, 0.25) is 0 Å². The Morgan fingerprint density at radius 1 is 0.958 bits per heavy atom. The van der Waals surface area contributed by atoms with Gasteiger partial charge in [-0.05, 0) is 69.2 Å². The summed E-state index contributed by atoms with van der Waals surface area (Å²) in [5.41, 5.74) is 1.45. The van der Waals surface area contributed by atoms with E-state index in [9.17, 15) is 4.79 Å². The van der Waals surface area contributed by atoms with Crippen LogP contribution in [0.15, 0.2) is 48.5 Å². The number of ether oxygens (including phenoxy) is 2. The molecule has 0 aliphatic rings. The number of hydrogen-bond donors (Lipinski definition) is 1. The third-order valence-electron chi connectivity index (χ3n) is 3.20. The van der Waals surface area contributed by atoms with Crippen molar-refractivity contribution in [1.82, 2.24) is 0 Å². The third kappa shape index (κ3) is 5.95. The second-order valence-corrected chi connectivity index (χ2v) is 6.65. The highest BCUT2D eigenvalue weighted by Crippen LogP contribution is 2.24. The maximum Gasteiger partial charge on any atom is 0.412 e. The molecule has 1 amide bonds. The molecule has 0 saturated carbocycles. The van der Waals surface area contributed by atoms with Crippen molar-refractivity contribution >= 4 is 11.8 Å². The van der Waals surface area contributed by atoms with Gasteiger partial charge >= 0.3 is 6.09 Å². The van der Waals surface area contributed by atoms with Crippen LogP contribution < -0.4 is 10.1 Å². The first kappa shape index (κ1) is 17.9. The molecule has 24 heavy (non-hydrogen) atoms. The number of carbonyl (C=O) groups is 1. The van der Waals surface area contributed by atoms with Gasteiger partial charge in [-0.25, -0.2) is 4.79 Å². The molecule has 0 saturated heterocycles. The lowest BCUT2D eigenvalue weighted by atomic mass is 10.1. The minimum absolute atomic E-state index is 0.470. The molecule has 0 bridgehead atoms. The molecule has 4 heteroatoms. The normalized spacial score (nSPS) is 11.0. The van der Waals surface area contributed by atoms with Crippen molar-refractivity contribution in [3.05, 3.63) is 54.1 Å². The molecule has 0 aliphatic carbocycles. The maximum atomic E-state index is 11.7. The van der Waals surface area contributed by atoms with E-state index in [0.717, 1.165) is 18.6 Å². The van der Waals surface area contributed by atoms with Crippen molar-refractivity contribution < 1.29 is 14.3 Å². The Labute approximate surface area is 143 Å². The van der Waals surface area contributed by atoms with E-state index in [1.807, 2.05) is 45.0 Å². The average molecular weight is 327 g/mol. The fourth-order valence-electron chi connectivity index (χ4n) is 2.18. The van der Waals surface area contributed by atoms with E-state index < -0.39 is 11.7 Å². The number of anilines is 1. The van der Waals surface area contributed by atoms with Gasteiger partial charge in [0.25, 0.3) is 0 Å². The van der Waals surface area contributed by atoms with Crippen LogP contribution in [-0.4, -0.2) is 11.7 Å². The monoisotopic (exact) mass is 327 g/mol. The zero-order valence-corrected chi connectivity index (χ0v) is 14.8. The molecule has 0 unspecified atom stereocenters. The first-order valence-electron chi connectivity index (χ1n) is 8.22. The van der Waals surface area contributed by atoms with Crippen molar-refractivity contribution in [2.24, 2.45) is 0 Å². The maximum absolute atomic E-state index is 11.7. The summed E-state index contributed by atoms with van der Waals surface area (Å²) in [5.74, 6) is 1.51. The Balaban J connectivity index is 1.93. The average Bonchev–Trinajstić information content (AvgIpc) is 2.49. The highest BCUT2D eigenvalue weighted by atomic mass is 16.6. The summed E-state index contributed by atoms with van der Waals surface area (Å²) < 4.78 is 11.0. The second kappa shape index (κ2) is 7.86. The van der Waals surface area contributed by atoms with Crippen LogP contribution in [0.1, 0.15) is 39.7 Å². The molecule has 0 aliphatic heterocycles. The highest BCUT2D eigenvalue weighted by Gasteiger charge is 2.16. The van der Waals surface area contributed by atoms with Crippen LogP contribution in [0.25, 0.3) is 0 Å². The minimum atomic E-state index is -0.517. The van der Waals surface area contributed by atoms with E-state index in [1.165, 1.54) is 5.56 Å². The Hall–Kier alpha value is -2.49. The first-order valence-corrected chi connectivity index (χ1v) is 8.22. The molecule has 0 heterocycles. The summed E-state index contributed by atoms with van der Waals surface area (Å²) in [4.78, 5) is 11.7. The first-order chi connectivity index (χ1) is 11.4. The molecular weight excluding hydrogens is 302 g/mol. The lowest BCUT2D eigenvalue weighted by Crippen LogP contribution is -2.27. The van der Waals surface area contributed by atoms with Gasteiger partial charge in [0.1, 0.15) is 17.1 Å². The van der Waals surface area contributed by atoms with Crippen molar-refractivity contribution in [2.45, 2.75) is 46.1 Å². The van der Waals surface area contributed by atoms with Gasteiger partial charge < -0.3 is 9.47 Å². The molecular formula is C20H25NO3. The molecule has 0 fully saturated rings. The topological polar surface area (TPSA) is 47.6 Å². The van der Waals surface area contributed by atoms with E-state index >= 15 is 0 Å². The van der Waals surface area contributed by atoms with Crippen LogP contribution in [0, 0.1) is 0 Å². The van der Waals surface area contributed by atoms with Crippen molar-refractivity contribution in [3.63, 3.8) is 0 Å². The number of aryl methyl sites for hydroxylation is 1. The second-order valence-electron chi connectivity index (χ2n) is 6.65. The van der Waals surface area contributed by atoms with Gasteiger partial charge in [-0.3, -0.25) is 5.32 Å². The summed E-state index contributed by atoms with van der Waals surface area (Å²) >= 11 is 0. The van der Waals surface area contributed by atoms with Crippen LogP contribution in [-0.2, 0) is 11.2 Å². The predicted molar refractivity (Wildman–Crippen MR) is 96.8 cm³/mol. The van der Waals surface area contributed by atoms with E-state index in [-0.39, 0.29) is 0 Å². The lowest BCUT2D eigenvalue weighted by molar-refractivity contribution is 0.0636. The standard InChI is InChI=1S/C20H25NO3/c1-5-6-15-7-11-17(12-8-15)23-18-13-9-16(10-14-18)21-19(22)24-20(2,3)4/h7-14H,5-6H2,1-4H3,(H,21,22). The van der Waals surface area contributed by atoms with Crippen molar-refractivity contribution in [2.75, 3.05) is 5.32 Å². The summed E-state index contributed by atoms with van der Waals surface area (Å²) in [6.45, 7) is 7.65. The minimum Gasteiger partial charge on any atom is -0.457 e. The molecule has 1 N–H and O–H groups in total. The SMILES string of the molecule is CCCc1ccc(Oc2ccc(NC(=O)OC(C)(C)C)cc2)cc1. The summed E-state index contributed by atoms with van der Waals surface area (Å²) in [6.07, 6.45) is 1.74. The molecule has 0 radical (unpaired) electrons. The van der Waals surface area contributed by atoms with Gasteiger partial charge in [-0.2, -0.15) is 0 Å². The van der Waals surface area contributed by atoms with E-state index in [0.29, 0.717) is 11.4 Å². The van der Waals surface area contributed by atoms with E-state index in [2.05, 4.69) is 24.4 Å². The van der Waals surface area contributed by atoms with Gasteiger partial charge in [-0.1, -0.05) is 25.5 Å². The third-order valence-corrected chi connectivity index (χ3v) is 3.20. The molecule has 2 rings (SSSR count). The Kier molecular flexibility index (Phi) is 5.85. The van der Waals surface area contributed by atoms with Gasteiger partial charge in [0.2, 0.25) is 0 Å². The fraction of sp³-hybridized carbons (Fsp3) is 0.350. The number of rotatable bonds is 5. The summed E-state index contributed by atoms with van der Waals surface area (Å²) in [6, 6.07) is 15.3. The predicted octanol–water partition coefficient (Wildman–Crippen LogP) is 5.78. The zero-order valence-electron chi connectivity index (χ0n) is 14.8. The summed E-state index contributed by atoms with van der Waals surface area (Å²) in [5, 5.41) is 2.69. The molecule has 4 nitrogen and oxygen atoms in total. The largest absolute Gasteiger partial charge is 0.457 e. The smallest absolute Gasteiger partial charge is 0.412 e. The van der Waals surface area contributed by atoms with Crippen LogP contribution in [0.3, 0.4) is 0 Å². The van der Waals surface area contributed by atoms with Gasteiger partial charge in [0, 0.05) is 5.69 Å². The van der Waals surface area contributed by atoms with Gasteiger partial charge in [0.15, 0.2) is 0 Å². The summed E-state index contributed by atoms with van der Waals surface area (Å²) in [7, 11) is 0. The quantitative estimate of drug-likeness (QED) is 0.757. The van der Waals surface area contributed by atoms with E-state index in [1.54, 1.807) is 12.1 Å². The highest BCUT2D eigenvalue weighted by molar-refractivity contribution is 5.84. The van der Waals surface area contributed by atoms with Crippen LogP contribution in [0.5, 0.6) is 11.5 Å². The van der Waals surface area contributed by atoms with Crippen LogP contribution in [0.4, 0.5) is 10.5 Å². The molecule has 0 spiro atoms. The molecule has 0 aromatic heterocycles. The lowest BCUT2D eigenvalue weighted by Gasteiger charge is -2.19. The zero-order chi connectivity index (χ0) is 17.6. The fourth-order valence-corrected chi connectivity index (χ4v) is 2.18. The molecule has 0 atom stereocenters. The van der Waals surface area contributed by atoms with Crippen LogP contribution >= 0.6 is 0 Å². The number of nitrogens with one attached hydrogen (secondary N) is 1. The number of carbonyl (C=O) groups excluding carboxylic acids is 1. The molecule has 2 aromatic carbocycles. The Morgan fingerprint density at radius 2 is 1.50 bits per heavy atom.